The van der Waals surface area contributed by atoms with E-state index in [1.807, 2.05) is 58.6 Å². The van der Waals surface area contributed by atoms with Crippen LogP contribution < -0.4 is 16.0 Å². The third kappa shape index (κ3) is 5.41. The highest BCUT2D eigenvalue weighted by molar-refractivity contribution is 5.70. The van der Waals surface area contributed by atoms with Crippen molar-refractivity contribution in [1.82, 2.24) is 40.2 Å². The number of nitrogens with one attached hydrogen (secondary N) is 2. The molecule has 0 radical (unpaired) electrons. The number of hydrogen-bond acceptors (Lipinski definition) is 10. The van der Waals surface area contributed by atoms with Crippen molar-refractivity contribution in [1.29, 1.82) is 5.26 Å². The van der Waals surface area contributed by atoms with Gasteiger partial charge in [0.25, 0.3) is 0 Å². The standard InChI is InChI=1S/C31H29N11/c32-15-22-5-3-7-24(13-22)28-19-35-30-31(37-28)42(39-38-30)20-23-6-4-8-25(14-23)29-33-16-26(17-34-29)27-18-36-41(21-27)12-11-40-9-1-2-10-40/h3-8,13-14,16-19,21,39H,1-2,9-12,20H2,(H,35,38). The second-order valence-electron chi connectivity index (χ2n) is 10.5. The molecule has 1 fully saturated rings. The predicted octanol–water partition coefficient (Wildman–Crippen LogP) is 4.28. The number of nitrogens with zero attached hydrogens (tertiary/aromatic N) is 9. The summed E-state index contributed by atoms with van der Waals surface area (Å²) >= 11 is 0. The second kappa shape index (κ2) is 11.4. The Morgan fingerprint density at radius 1 is 0.833 bits per heavy atom. The predicted molar refractivity (Wildman–Crippen MR) is 159 cm³/mol. The van der Waals surface area contributed by atoms with Crippen LogP contribution >= 0.6 is 0 Å². The van der Waals surface area contributed by atoms with Gasteiger partial charge in [0.05, 0.1) is 42.8 Å². The molecule has 42 heavy (non-hydrogen) atoms. The molecule has 11 nitrogen and oxygen atoms in total. The van der Waals surface area contributed by atoms with Crippen LogP contribution in [0, 0.1) is 11.3 Å². The zero-order valence-electron chi connectivity index (χ0n) is 23.0. The number of nitriles is 1. The molecule has 0 bridgehead atoms. The Hall–Kier alpha value is -5.18. The fourth-order valence-electron chi connectivity index (χ4n) is 5.33. The van der Waals surface area contributed by atoms with E-state index in [1.54, 1.807) is 12.3 Å². The molecular formula is C31H29N11. The van der Waals surface area contributed by atoms with Crippen LogP contribution in [0.15, 0.2) is 79.5 Å². The molecule has 2 aliphatic heterocycles. The number of hydrogen-bond donors (Lipinski definition) is 2. The summed E-state index contributed by atoms with van der Waals surface area (Å²) in [5.74, 6) is 1.99. The van der Waals surface area contributed by atoms with Crippen LogP contribution in [0.5, 0.6) is 0 Å². The molecule has 7 rings (SSSR count). The molecule has 5 heterocycles. The first kappa shape index (κ1) is 25.8. The molecule has 2 aromatic carbocycles. The Bertz CT molecular complexity index is 1750. The van der Waals surface area contributed by atoms with Crippen LogP contribution in [0.3, 0.4) is 0 Å². The van der Waals surface area contributed by atoms with Gasteiger partial charge in [0.15, 0.2) is 17.5 Å². The van der Waals surface area contributed by atoms with Crippen LogP contribution in [-0.4, -0.2) is 54.3 Å². The molecular weight excluding hydrogens is 526 g/mol. The van der Waals surface area contributed by atoms with Crippen molar-refractivity contribution >= 4 is 11.6 Å². The fraction of sp³-hybridized carbons (Fsp3) is 0.226. The van der Waals surface area contributed by atoms with Gasteiger partial charge in [-0.2, -0.15) is 10.4 Å². The van der Waals surface area contributed by atoms with Crippen molar-refractivity contribution in [2.75, 3.05) is 30.1 Å². The van der Waals surface area contributed by atoms with E-state index < -0.39 is 0 Å². The molecule has 2 aliphatic rings. The van der Waals surface area contributed by atoms with E-state index in [4.69, 9.17) is 4.98 Å². The van der Waals surface area contributed by atoms with Crippen molar-refractivity contribution in [3.8, 4) is 39.8 Å². The summed E-state index contributed by atoms with van der Waals surface area (Å²) in [5.41, 5.74) is 12.3. The lowest BCUT2D eigenvalue weighted by Crippen LogP contribution is -2.35. The van der Waals surface area contributed by atoms with Gasteiger partial charge in [0.2, 0.25) is 0 Å². The van der Waals surface area contributed by atoms with Crippen molar-refractivity contribution in [3.63, 3.8) is 0 Å². The summed E-state index contributed by atoms with van der Waals surface area (Å²) in [6.45, 7) is 4.85. The first-order valence-corrected chi connectivity index (χ1v) is 14.1. The largest absolute Gasteiger partial charge is 0.301 e. The molecule has 1 saturated heterocycles. The number of anilines is 2. The summed E-state index contributed by atoms with van der Waals surface area (Å²) in [6.07, 6.45) is 12.0. The van der Waals surface area contributed by atoms with E-state index in [-0.39, 0.29) is 0 Å². The zero-order valence-corrected chi connectivity index (χ0v) is 23.0. The highest BCUT2D eigenvalue weighted by Crippen LogP contribution is 2.30. The van der Waals surface area contributed by atoms with Gasteiger partial charge in [0, 0.05) is 47.4 Å². The van der Waals surface area contributed by atoms with E-state index in [9.17, 15) is 5.26 Å². The SMILES string of the molecule is N#Cc1cccc(-c2cnc3c(n2)N(Cc2cccc(-c4ncc(-c5cnn(CCN6CCCC6)c5)cn4)c2)NN3)c1. The van der Waals surface area contributed by atoms with Gasteiger partial charge in [-0.05, 0) is 49.7 Å². The quantitative estimate of drug-likeness (QED) is 0.287. The van der Waals surface area contributed by atoms with Crippen LogP contribution in [0.2, 0.25) is 0 Å². The molecule has 3 aromatic heterocycles. The topological polar surface area (TPSA) is 124 Å². The van der Waals surface area contributed by atoms with E-state index in [0.717, 1.165) is 40.9 Å². The summed E-state index contributed by atoms with van der Waals surface area (Å²) < 4.78 is 2.00. The third-order valence-corrected chi connectivity index (χ3v) is 7.59. The Balaban J connectivity index is 1.04. The first-order valence-electron chi connectivity index (χ1n) is 14.1. The number of rotatable bonds is 8. The lowest BCUT2D eigenvalue weighted by Gasteiger charge is -2.17. The fourth-order valence-corrected chi connectivity index (χ4v) is 5.33. The van der Waals surface area contributed by atoms with Gasteiger partial charge in [-0.3, -0.25) is 15.1 Å². The smallest absolute Gasteiger partial charge is 0.190 e. The maximum absolute atomic E-state index is 9.26. The van der Waals surface area contributed by atoms with Gasteiger partial charge >= 0.3 is 0 Å². The summed E-state index contributed by atoms with van der Waals surface area (Å²) in [7, 11) is 0. The Labute approximate surface area is 243 Å². The lowest BCUT2D eigenvalue weighted by molar-refractivity contribution is 0.316. The molecule has 208 valence electrons. The van der Waals surface area contributed by atoms with Crippen LogP contribution in [0.25, 0.3) is 33.8 Å². The zero-order chi connectivity index (χ0) is 28.3. The normalized spacial score (nSPS) is 14.5. The molecule has 2 N–H and O–H groups in total. The van der Waals surface area contributed by atoms with Gasteiger partial charge in [0.1, 0.15) is 0 Å². The molecule has 0 unspecified atom stereocenters. The molecule has 0 saturated carbocycles. The van der Waals surface area contributed by atoms with Gasteiger partial charge in [-0.1, -0.05) is 30.3 Å². The Kier molecular flexibility index (Phi) is 6.97. The minimum absolute atomic E-state index is 0.541. The van der Waals surface area contributed by atoms with Crippen LogP contribution in [0.1, 0.15) is 24.0 Å². The van der Waals surface area contributed by atoms with Crippen molar-refractivity contribution in [2.24, 2.45) is 0 Å². The molecule has 0 aliphatic carbocycles. The highest BCUT2D eigenvalue weighted by Gasteiger charge is 2.23. The highest BCUT2D eigenvalue weighted by atomic mass is 15.7. The number of fused-ring (bicyclic) bond motifs is 1. The molecule has 0 atom stereocenters. The summed E-state index contributed by atoms with van der Waals surface area (Å²) in [6, 6.07) is 17.7. The minimum atomic E-state index is 0.541. The van der Waals surface area contributed by atoms with Gasteiger partial charge in [-0.25, -0.2) is 19.9 Å². The Morgan fingerprint density at radius 3 is 2.52 bits per heavy atom. The maximum Gasteiger partial charge on any atom is 0.190 e. The van der Waals surface area contributed by atoms with Crippen LogP contribution in [0.4, 0.5) is 11.6 Å². The van der Waals surface area contributed by atoms with E-state index in [2.05, 4.69) is 60.3 Å². The third-order valence-electron chi connectivity index (χ3n) is 7.59. The van der Waals surface area contributed by atoms with Crippen molar-refractivity contribution in [2.45, 2.75) is 25.9 Å². The van der Waals surface area contributed by atoms with Gasteiger partial charge in [-0.15, -0.1) is 5.53 Å². The monoisotopic (exact) mass is 555 g/mol. The summed E-state index contributed by atoms with van der Waals surface area (Å²) in [5, 5.41) is 15.7. The average Bonchev–Trinajstić information content (AvgIpc) is 3.82. The minimum Gasteiger partial charge on any atom is -0.301 e. The van der Waals surface area contributed by atoms with Crippen molar-refractivity contribution < 1.29 is 0 Å². The molecule has 0 amide bonds. The molecule has 11 heteroatoms. The Morgan fingerprint density at radius 2 is 1.67 bits per heavy atom. The molecule has 0 spiro atoms. The first-order chi connectivity index (χ1) is 20.7. The van der Waals surface area contributed by atoms with Crippen molar-refractivity contribution in [3.05, 3.63) is 90.6 Å². The number of aromatic nitrogens is 6. The number of benzene rings is 2. The van der Waals surface area contributed by atoms with Crippen LogP contribution in [-0.2, 0) is 13.1 Å². The second-order valence-corrected chi connectivity index (χ2v) is 10.5. The van der Waals surface area contributed by atoms with E-state index >= 15 is 0 Å². The number of likely N-dealkylation sites (tertiary alicyclic amines) is 1. The van der Waals surface area contributed by atoms with E-state index in [1.165, 1.54) is 25.9 Å². The number of hydrazine groups is 2. The lowest BCUT2D eigenvalue weighted by atomic mass is 10.1. The summed E-state index contributed by atoms with van der Waals surface area (Å²) in [4.78, 5) is 21.2. The van der Waals surface area contributed by atoms with E-state index in [0.29, 0.717) is 35.3 Å². The maximum atomic E-state index is 9.26. The van der Waals surface area contributed by atoms with Gasteiger partial charge < -0.3 is 4.90 Å². The average molecular weight is 556 g/mol. The molecule has 5 aromatic rings.